The molecule has 0 fully saturated rings. The molecule has 2 aromatic carbocycles. The molecule has 0 aliphatic rings. The summed E-state index contributed by atoms with van der Waals surface area (Å²) >= 11 is 3.48. The SMILES string of the molecule is Brc1ccc2c(c1)ncn2-c1cccc(-c2cccnc2)c1. The summed E-state index contributed by atoms with van der Waals surface area (Å²) in [6, 6.07) is 18.5. The number of imidazole rings is 1. The van der Waals surface area contributed by atoms with E-state index >= 15 is 0 Å². The second-order valence-corrected chi connectivity index (χ2v) is 5.96. The van der Waals surface area contributed by atoms with Crippen LogP contribution in [0.5, 0.6) is 0 Å². The first kappa shape index (κ1) is 13.2. The molecule has 3 nitrogen and oxygen atoms in total. The van der Waals surface area contributed by atoms with Gasteiger partial charge in [0.05, 0.1) is 11.0 Å². The molecule has 0 unspecified atom stereocenters. The fourth-order valence-electron chi connectivity index (χ4n) is 2.56. The molecule has 0 N–H and O–H groups in total. The third-order valence-electron chi connectivity index (χ3n) is 3.63. The highest BCUT2D eigenvalue weighted by Crippen LogP contribution is 2.25. The van der Waals surface area contributed by atoms with Crippen LogP contribution in [0.25, 0.3) is 27.8 Å². The predicted octanol–water partition coefficient (Wildman–Crippen LogP) is 4.85. The van der Waals surface area contributed by atoms with Gasteiger partial charge < -0.3 is 0 Å². The van der Waals surface area contributed by atoms with Gasteiger partial charge in [0.2, 0.25) is 0 Å². The van der Waals surface area contributed by atoms with Crippen molar-refractivity contribution >= 4 is 27.0 Å². The molecule has 0 saturated heterocycles. The number of pyridine rings is 1. The summed E-state index contributed by atoms with van der Waals surface area (Å²) in [7, 11) is 0. The average Bonchev–Trinajstić information content (AvgIpc) is 2.99. The molecular formula is C18H12BrN3. The van der Waals surface area contributed by atoms with Crippen molar-refractivity contribution in [1.29, 1.82) is 0 Å². The number of rotatable bonds is 2. The van der Waals surface area contributed by atoms with Gasteiger partial charge in [0.1, 0.15) is 6.33 Å². The minimum absolute atomic E-state index is 0.973. The van der Waals surface area contributed by atoms with Crippen LogP contribution in [0.3, 0.4) is 0 Å². The number of benzene rings is 2. The van der Waals surface area contributed by atoms with Crippen molar-refractivity contribution in [3.63, 3.8) is 0 Å². The third-order valence-corrected chi connectivity index (χ3v) is 4.12. The number of nitrogens with zero attached hydrogens (tertiary/aromatic N) is 3. The van der Waals surface area contributed by atoms with Crippen molar-refractivity contribution in [3.05, 3.63) is 77.8 Å². The standard InChI is InChI=1S/C18H12BrN3/c19-15-6-7-18-17(10-15)21-12-22(18)16-5-1-3-13(9-16)14-4-2-8-20-11-14/h1-12H. The van der Waals surface area contributed by atoms with E-state index in [-0.39, 0.29) is 0 Å². The molecule has 4 aromatic rings. The van der Waals surface area contributed by atoms with Crippen LogP contribution in [0.2, 0.25) is 0 Å². The topological polar surface area (TPSA) is 30.7 Å². The quantitative estimate of drug-likeness (QED) is 0.517. The number of hydrogen-bond donors (Lipinski definition) is 0. The van der Waals surface area contributed by atoms with Crippen molar-refractivity contribution in [2.24, 2.45) is 0 Å². The molecule has 0 bridgehead atoms. The summed E-state index contributed by atoms with van der Waals surface area (Å²) in [5, 5.41) is 0. The largest absolute Gasteiger partial charge is 0.299 e. The zero-order chi connectivity index (χ0) is 14.9. The van der Waals surface area contributed by atoms with Crippen LogP contribution in [-0.4, -0.2) is 14.5 Å². The average molecular weight is 350 g/mol. The lowest BCUT2D eigenvalue weighted by molar-refractivity contribution is 1.09. The Kier molecular flexibility index (Phi) is 3.24. The Bertz CT molecular complexity index is 945. The van der Waals surface area contributed by atoms with Gasteiger partial charge in [0.15, 0.2) is 0 Å². The Morgan fingerprint density at radius 3 is 2.68 bits per heavy atom. The molecule has 0 aliphatic carbocycles. The first-order valence-corrected chi connectivity index (χ1v) is 7.74. The Balaban J connectivity index is 1.85. The molecular weight excluding hydrogens is 338 g/mol. The van der Waals surface area contributed by atoms with Crippen molar-refractivity contribution in [2.75, 3.05) is 0 Å². The molecule has 106 valence electrons. The van der Waals surface area contributed by atoms with Crippen LogP contribution in [0, 0.1) is 0 Å². The van der Waals surface area contributed by atoms with Gasteiger partial charge in [-0.2, -0.15) is 0 Å². The molecule has 2 heterocycles. The molecule has 0 atom stereocenters. The van der Waals surface area contributed by atoms with Gasteiger partial charge in [0, 0.05) is 28.1 Å². The maximum atomic E-state index is 4.48. The maximum Gasteiger partial charge on any atom is 0.100 e. The summed E-state index contributed by atoms with van der Waals surface area (Å²) in [5.41, 5.74) is 5.40. The van der Waals surface area contributed by atoms with Crippen molar-refractivity contribution in [2.45, 2.75) is 0 Å². The van der Waals surface area contributed by atoms with Gasteiger partial charge in [-0.15, -0.1) is 0 Å². The number of fused-ring (bicyclic) bond motifs is 1. The first-order chi connectivity index (χ1) is 10.8. The van der Waals surface area contributed by atoms with E-state index in [2.05, 4.69) is 66.9 Å². The van der Waals surface area contributed by atoms with Crippen LogP contribution < -0.4 is 0 Å². The van der Waals surface area contributed by atoms with Crippen LogP contribution in [-0.2, 0) is 0 Å². The minimum atomic E-state index is 0.973. The second kappa shape index (κ2) is 5.39. The van der Waals surface area contributed by atoms with Gasteiger partial charge in [-0.05, 0) is 42.0 Å². The number of halogens is 1. The fourth-order valence-corrected chi connectivity index (χ4v) is 2.91. The Morgan fingerprint density at radius 2 is 1.82 bits per heavy atom. The second-order valence-electron chi connectivity index (χ2n) is 5.04. The minimum Gasteiger partial charge on any atom is -0.299 e. The van der Waals surface area contributed by atoms with Crippen LogP contribution in [0.1, 0.15) is 0 Å². The van der Waals surface area contributed by atoms with Gasteiger partial charge >= 0.3 is 0 Å². The zero-order valence-electron chi connectivity index (χ0n) is 11.6. The maximum absolute atomic E-state index is 4.48. The van der Waals surface area contributed by atoms with E-state index in [0.29, 0.717) is 0 Å². The molecule has 0 amide bonds. The smallest absolute Gasteiger partial charge is 0.100 e. The fraction of sp³-hybridized carbons (Fsp3) is 0. The highest BCUT2D eigenvalue weighted by Gasteiger charge is 2.06. The highest BCUT2D eigenvalue weighted by atomic mass is 79.9. The summed E-state index contributed by atoms with van der Waals surface area (Å²) in [6.45, 7) is 0. The van der Waals surface area contributed by atoms with E-state index in [1.807, 2.05) is 30.7 Å². The number of hydrogen-bond acceptors (Lipinski definition) is 2. The Labute approximate surface area is 136 Å². The lowest BCUT2D eigenvalue weighted by Crippen LogP contribution is -1.92. The first-order valence-electron chi connectivity index (χ1n) is 6.95. The monoisotopic (exact) mass is 349 g/mol. The lowest BCUT2D eigenvalue weighted by atomic mass is 10.1. The van der Waals surface area contributed by atoms with E-state index in [1.165, 1.54) is 0 Å². The van der Waals surface area contributed by atoms with Crippen LogP contribution in [0.15, 0.2) is 77.8 Å². The van der Waals surface area contributed by atoms with Gasteiger partial charge in [-0.1, -0.05) is 34.1 Å². The van der Waals surface area contributed by atoms with E-state index in [1.54, 1.807) is 6.20 Å². The number of aromatic nitrogens is 3. The molecule has 0 radical (unpaired) electrons. The van der Waals surface area contributed by atoms with Crippen molar-refractivity contribution in [3.8, 4) is 16.8 Å². The molecule has 22 heavy (non-hydrogen) atoms. The normalized spacial score (nSPS) is 11.0. The summed E-state index contributed by atoms with van der Waals surface area (Å²) in [5.74, 6) is 0. The molecule has 0 saturated carbocycles. The van der Waals surface area contributed by atoms with Crippen LogP contribution >= 0.6 is 15.9 Å². The van der Waals surface area contributed by atoms with E-state index in [0.717, 1.165) is 32.3 Å². The summed E-state index contributed by atoms with van der Waals surface area (Å²) in [4.78, 5) is 8.67. The molecule has 4 heteroatoms. The van der Waals surface area contributed by atoms with Crippen molar-refractivity contribution in [1.82, 2.24) is 14.5 Å². The van der Waals surface area contributed by atoms with Gasteiger partial charge in [-0.25, -0.2) is 4.98 Å². The molecule has 0 spiro atoms. The van der Waals surface area contributed by atoms with Crippen LogP contribution in [0.4, 0.5) is 0 Å². The zero-order valence-corrected chi connectivity index (χ0v) is 13.2. The summed E-state index contributed by atoms with van der Waals surface area (Å²) in [6.07, 6.45) is 5.52. The predicted molar refractivity (Wildman–Crippen MR) is 92.0 cm³/mol. The Morgan fingerprint density at radius 1 is 0.909 bits per heavy atom. The van der Waals surface area contributed by atoms with E-state index in [4.69, 9.17) is 0 Å². The van der Waals surface area contributed by atoms with E-state index < -0.39 is 0 Å². The van der Waals surface area contributed by atoms with Gasteiger partial charge in [-0.3, -0.25) is 9.55 Å². The Hall–Kier alpha value is -2.46. The lowest BCUT2D eigenvalue weighted by Gasteiger charge is -2.07. The van der Waals surface area contributed by atoms with Gasteiger partial charge in [0.25, 0.3) is 0 Å². The summed E-state index contributed by atoms with van der Waals surface area (Å²) < 4.78 is 3.14. The highest BCUT2D eigenvalue weighted by molar-refractivity contribution is 9.10. The molecule has 2 aromatic heterocycles. The van der Waals surface area contributed by atoms with E-state index in [9.17, 15) is 0 Å². The van der Waals surface area contributed by atoms with Crippen molar-refractivity contribution < 1.29 is 0 Å². The molecule has 4 rings (SSSR count). The molecule has 0 aliphatic heterocycles. The third kappa shape index (κ3) is 2.31.